The van der Waals surface area contributed by atoms with Crippen LogP contribution in [0.1, 0.15) is 85.0 Å². The van der Waals surface area contributed by atoms with Crippen LogP contribution in [0.4, 0.5) is 5.82 Å². The van der Waals surface area contributed by atoms with Crippen molar-refractivity contribution in [1.29, 1.82) is 0 Å². The highest BCUT2D eigenvalue weighted by Gasteiger charge is 2.22. The van der Waals surface area contributed by atoms with Crippen LogP contribution in [-0.2, 0) is 25.1 Å². The first kappa shape index (κ1) is 36.4. The second-order valence-electron chi connectivity index (χ2n) is 12.2. The number of nitrogens with zero attached hydrogens (tertiary/aromatic N) is 4. The maximum atomic E-state index is 12.3. The normalized spacial score (nSPS) is 14.2. The quantitative estimate of drug-likeness (QED) is 0.0628. The second kappa shape index (κ2) is 19.5. The first-order valence-corrected chi connectivity index (χ1v) is 20.5. The Bertz CT molecular complexity index is 1150. The van der Waals surface area contributed by atoms with Crippen molar-refractivity contribution in [2.75, 3.05) is 31.9 Å². The van der Waals surface area contributed by atoms with Crippen LogP contribution >= 0.6 is 7.60 Å². The van der Waals surface area contributed by atoms with E-state index in [-0.39, 0.29) is 19.3 Å². The zero-order chi connectivity index (χ0) is 30.8. The molecule has 3 N–H and O–H groups in total. The molecule has 0 aliphatic rings. The molecular formula is C30H54N5O5PSi. The molecule has 0 aromatic carbocycles. The molecule has 0 aliphatic heterocycles. The number of hydrogen-bond donors (Lipinski definition) is 2. The summed E-state index contributed by atoms with van der Waals surface area (Å²) in [6, 6.07) is 1.30. The SMILES string of the molecule is CC(C)C[Si](C)(C)C#CCCCCCCCCCCCOCCOP(=O)(O)CO[C@H](C)Cn1cnc2c(N)ncnc21. The monoisotopic (exact) mass is 623 g/mol. The Labute approximate surface area is 254 Å². The highest BCUT2D eigenvalue weighted by molar-refractivity contribution is 7.52. The van der Waals surface area contributed by atoms with Crippen LogP contribution in [0.2, 0.25) is 19.1 Å². The first-order valence-electron chi connectivity index (χ1n) is 15.6. The van der Waals surface area contributed by atoms with Gasteiger partial charge >= 0.3 is 7.60 Å². The van der Waals surface area contributed by atoms with Gasteiger partial charge in [-0.15, -0.1) is 11.5 Å². The molecule has 0 bridgehead atoms. The molecule has 1 unspecified atom stereocenters. The minimum atomic E-state index is -3.87. The summed E-state index contributed by atoms with van der Waals surface area (Å²) in [4.78, 5) is 22.4. The first-order chi connectivity index (χ1) is 20.0. The van der Waals surface area contributed by atoms with Crippen LogP contribution in [0, 0.1) is 17.4 Å². The molecule has 0 amide bonds. The van der Waals surface area contributed by atoms with Crippen molar-refractivity contribution in [3.63, 3.8) is 0 Å². The van der Waals surface area contributed by atoms with Crippen molar-refractivity contribution in [3.05, 3.63) is 12.7 Å². The van der Waals surface area contributed by atoms with Crippen molar-refractivity contribution >= 4 is 32.7 Å². The van der Waals surface area contributed by atoms with Crippen molar-refractivity contribution in [2.24, 2.45) is 5.92 Å². The van der Waals surface area contributed by atoms with Gasteiger partial charge in [0, 0.05) is 13.0 Å². The van der Waals surface area contributed by atoms with E-state index in [1.807, 2.05) is 0 Å². The molecule has 0 spiro atoms. The molecule has 2 atom stereocenters. The fourth-order valence-electron chi connectivity index (χ4n) is 4.99. The number of rotatable bonds is 22. The van der Waals surface area contributed by atoms with Gasteiger partial charge in [0.2, 0.25) is 0 Å². The summed E-state index contributed by atoms with van der Waals surface area (Å²) in [5.41, 5.74) is 10.5. The Balaban J connectivity index is 1.40. The molecule has 2 aromatic heterocycles. The molecule has 0 radical (unpaired) electrons. The van der Waals surface area contributed by atoms with E-state index in [9.17, 15) is 9.46 Å². The van der Waals surface area contributed by atoms with Crippen LogP contribution in [0.3, 0.4) is 0 Å². The zero-order valence-electron chi connectivity index (χ0n) is 26.5. The molecule has 2 aromatic rings. The topological polar surface area (TPSA) is 135 Å². The standard InChI is InChI=1S/C30H54N5O5PSi/c1-26(2)22-42(4,5)20-16-14-12-10-8-6-7-9-11-13-15-17-38-18-19-40-41(36,37)25-39-27(3)21-35-24-34-28-29(31)32-23-33-30(28)35/h23-24,26-27H,6-15,17-19,21-22,25H2,1-5H3,(H,36,37)(H2,31,32,33)/t27-/m1/s1. The molecule has 2 heterocycles. The van der Waals surface area contributed by atoms with Gasteiger partial charge in [0.05, 0.1) is 32.2 Å². The van der Waals surface area contributed by atoms with Gasteiger partial charge in [-0.05, 0) is 31.7 Å². The van der Waals surface area contributed by atoms with Crippen molar-refractivity contribution in [2.45, 2.75) is 117 Å². The maximum Gasteiger partial charge on any atom is 0.353 e. The van der Waals surface area contributed by atoms with Crippen LogP contribution in [0.15, 0.2) is 12.7 Å². The number of nitrogens with two attached hydrogens (primary N) is 1. The largest absolute Gasteiger partial charge is 0.382 e. The molecule has 238 valence electrons. The highest BCUT2D eigenvalue weighted by atomic mass is 31.2. The van der Waals surface area contributed by atoms with E-state index in [1.54, 1.807) is 17.8 Å². The van der Waals surface area contributed by atoms with Gasteiger partial charge in [0.25, 0.3) is 0 Å². The van der Waals surface area contributed by atoms with E-state index < -0.39 is 22.0 Å². The van der Waals surface area contributed by atoms with Crippen LogP contribution < -0.4 is 5.73 Å². The molecule has 42 heavy (non-hydrogen) atoms. The number of unbranched alkanes of at least 4 members (excludes halogenated alkanes) is 9. The van der Waals surface area contributed by atoms with Gasteiger partial charge in [-0.1, -0.05) is 71.9 Å². The lowest BCUT2D eigenvalue weighted by Gasteiger charge is -2.17. The van der Waals surface area contributed by atoms with E-state index in [4.69, 9.17) is 19.7 Å². The van der Waals surface area contributed by atoms with E-state index in [0.717, 1.165) is 25.2 Å². The summed E-state index contributed by atoms with van der Waals surface area (Å²) in [7, 11) is -5.18. The van der Waals surface area contributed by atoms with Crippen LogP contribution in [0.5, 0.6) is 0 Å². The number of nitrogen functional groups attached to an aromatic ring is 1. The van der Waals surface area contributed by atoms with Gasteiger partial charge < -0.3 is 29.2 Å². The number of imidazole rings is 1. The summed E-state index contributed by atoms with van der Waals surface area (Å²) in [6.45, 7) is 12.5. The lowest BCUT2D eigenvalue weighted by molar-refractivity contribution is 0.0610. The van der Waals surface area contributed by atoms with E-state index >= 15 is 0 Å². The molecule has 12 heteroatoms. The molecule has 0 aliphatic carbocycles. The Morgan fingerprint density at radius 2 is 1.64 bits per heavy atom. The molecule has 0 saturated carbocycles. The third-order valence-corrected chi connectivity index (χ3v) is 10.6. The van der Waals surface area contributed by atoms with Gasteiger partial charge in [0.1, 0.15) is 26.3 Å². The summed E-state index contributed by atoms with van der Waals surface area (Å²) in [6.07, 6.45) is 14.3. The highest BCUT2D eigenvalue weighted by Crippen LogP contribution is 2.41. The fraction of sp³-hybridized carbons (Fsp3) is 0.767. The Hall–Kier alpha value is -1.80. The van der Waals surface area contributed by atoms with Gasteiger partial charge in [-0.3, -0.25) is 4.57 Å². The lowest BCUT2D eigenvalue weighted by Crippen LogP contribution is -2.25. The van der Waals surface area contributed by atoms with Crippen LogP contribution in [-0.4, -0.2) is 64.8 Å². The average Bonchev–Trinajstić information content (AvgIpc) is 3.32. The number of anilines is 1. The van der Waals surface area contributed by atoms with Crippen molar-refractivity contribution in [1.82, 2.24) is 19.5 Å². The predicted octanol–water partition coefficient (Wildman–Crippen LogP) is 6.80. The van der Waals surface area contributed by atoms with Gasteiger partial charge in [0.15, 0.2) is 11.5 Å². The van der Waals surface area contributed by atoms with E-state index in [1.165, 1.54) is 57.3 Å². The molecule has 0 saturated heterocycles. The Morgan fingerprint density at radius 1 is 0.976 bits per heavy atom. The minimum Gasteiger partial charge on any atom is -0.382 e. The summed E-state index contributed by atoms with van der Waals surface area (Å²) in [5, 5.41) is 0. The van der Waals surface area contributed by atoms with Crippen LogP contribution in [0.25, 0.3) is 11.2 Å². The van der Waals surface area contributed by atoms with E-state index in [0.29, 0.717) is 30.1 Å². The molecule has 2 rings (SSSR count). The number of ether oxygens (including phenoxy) is 2. The summed E-state index contributed by atoms with van der Waals surface area (Å²) in [5.74, 6) is 4.51. The predicted molar refractivity (Wildman–Crippen MR) is 173 cm³/mol. The number of hydrogen-bond acceptors (Lipinski definition) is 8. The number of aromatic nitrogens is 4. The maximum absolute atomic E-state index is 12.3. The molecule has 10 nitrogen and oxygen atoms in total. The fourth-order valence-corrected chi connectivity index (χ4v) is 8.61. The third-order valence-electron chi connectivity index (χ3n) is 6.86. The average molecular weight is 624 g/mol. The summed E-state index contributed by atoms with van der Waals surface area (Å²) < 4.78 is 30.3. The third kappa shape index (κ3) is 15.6. The Morgan fingerprint density at radius 3 is 2.33 bits per heavy atom. The van der Waals surface area contributed by atoms with Crippen molar-refractivity contribution in [3.8, 4) is 11.5 Å². The minimum absolute atomic E-state index is 0.0527. The zero-order valence-corrected chi connectivity index (χ0v) is 28.4. The smallest absolute Gasteiger partial charge is 0.353 e. The summed E-state index contributed by atoms with van der Waals surface area (Å²) >= 11 is 0. The van der Waals surface area contributed by atoms with Gasteiger partial charge in [-0.25, -0.2) is 15.0 Å². The van der Waals surface area contributed by atoms with E-state index in [2.05, 4.69) is 53.4 Å². The van der Waals surface area contributed by atoms with Crippen molar-refractivity contribution < 1.29 is 23.5 Å². The Kier molecular flexibility index (Phi) is 16.9. The van der Waals surface area contributed by atoms with Gasteiger partial charge in [-0.2, -0.15) is 0 Å². The molecule has 0 fully saturated rings. The number of fused-ring (bicyclic) bond motifs is 1. The second-order valence-corrected chi connectivity index (χ2v) is 18.5. The lowest BCUT2D eigenvalue weighted by atomic mass is 10.1. The molecular weight excluding hydrogens is 569 g/mol.